The molecule has 0 unspecified atom stereocenters. The molecule has 0 spiro atoms. The van der Waals surface area contributed by atoms with Gasteiger partial charge in [-0.2, -0.15) is 0 Å². The Kier molecular flexibility index (Phi) is 5.78. The number of thioether (sulfide) groups is 1. The Morgan fingerprint density at radius 2 is 1.92 bits per heavy atom. The van der Waals surface area contributed by atoms with Gasteiger partial charge in [0.1, 0.15) is 5.82 Å². The van der Waals surface area contributed by atoms with Crippen LogP contribution in [0.25, 0.3) is 0 Å². The van der Waals surface area contributed by atoms with Gasteiger partial charge in [0.2, 0.25) is 11.0 Å². The van der Waals surface area contributed by atoms with E-state index in [9.17, 15) is 9.18 Å². The fourth-order valence-corrected chi connectivity index (χ4v) is 4.03. The lowest BCUT2D eigenvalue weighted by atomic mass is 10.1. The van der Waals surface area contributed by atoms with Crippen LogP contribution in [0.3, 0.4) is 0 Å². The Bertz CT molecular complexity index is 865. The van der Waals surface area contributed by atoms with Crippen LogP contribution < -0.4 is 5.32 Å². The molecule has 1 heterocycles. The monoisotopic (exact) mass is 373 g/mol. The van der Waals surface area contributed by atoms with E-state index in [1.165, 1.54) is 34.6 Å². The lowest BCUT2D eigenvalue weighted by Gasteiger charge is -2.02. The number of benzene rings is 2. The van der Waals surface area contributed by atoms with Gasteiger partial charge in [0.15, 0.2) is 4.34 Å². The van der Waals surface area contributed by atoms with Crippen LogP contribution in [0.2, 0.25) is 0 Å². The van der Waals surface area contributed by atoms with E-state index in [1.54, 1.807) is 23.9 Å². The largest absolute Gasteiger partial charge is 0.300 e. The van der Waals surface area contributed by atoms with Crippen LogP contribution in [0.4, 0.5) is 9.52 Å². The fourth-order valence-electron chi connectivity index (χ4n) is 2.18. The summed E-state index contributed by atoms with van der Waals surface area (Å²) < 4.78 is 13.7. The van der Waals surface area contributed by atoms with E-state index in [1.807, 2.05) is 12.1 Å². The Hall–Kier alpha value is -2.25. The Morgan fingerprint density at radius 3 is 2.68 bits per heavy atom. The van der Waals surface area contributed by atoms with Crippen molar-refractivity contribution in [3.63, 3.8) is 0 Å². The highest BCUT2D eigenvalue weighted by Gasteiger charge is 2.10. The smallest absolute Gasteiger partial charge is 0.230 e. The molecule has 0 bridgehead atoms. The molecule has 1 aromatic heterocycles. The molecule has 0 aliphatic carbocycles. The number of carbonyl (C=O) groups is 1. The van der Waals surface area contributed by atoms with Gasteiger partial charge in [-0.3, -0.25) is 4.79 Å². The fraction of sp³-hybridized carbons (Fsp3) is 0.167. The molecule has 25 heavy (non-hydrogen) atoms. The van der Waals surface area contributed by atoms with Crippen molar-refractivity contribution in [2.24, 2.45) is 0 Å². The molecule has 0 saturated carbocycles. The molecule has 0 aliphatic rings. The summed E-state index contributed by atoms with van der Waals surface area (Å²) >= 11 is 2.94. The summed E-state index contributed by atoms with van der Waals surface area (Å²) in [6.07, 6.45) is 0.172. The molecule has 3 aromatic rings. The van der Waals surface area contributed by atoms with Gasteiger partial charge < -0.3 is 5.32 Å². The predicted octanol–water partition coefficient (Wildman–Crippen LogP) is 4.46. The molecule has 3 rings (SSSR count). The van der Waals surface area contributed by atoms with E-state index in [2.05, 4.69) is 34.6 Å². The number of aryl methyl sites for hydroxylation is 1. The lowest BCUT2D eigenvalue weighted by Crippen LogP contribution is -2.14. The maximum Gasteiger partial charge on any atom is 0.230 e. The second kappa shape index (κ2) is 8.22. The Balaban J connectivity index is 1.53. The van der Waals surface area contributed by atoms with Gasteiger partial charge >= 0.3 is 0 Å². The zero-order valence-electron chi connectivity index (χ0n) is 13.5. The SMILES string of the molecule is Cc1ccccc1CSc1nnc(NC(=O)Cc2ccc(F)cc2)s1. The number of nitrogens with one attached hydrogen (secondary N) is 1. The first-order valence-electron chi connectivity index (χ1n) is 7.65. The van der Waals surface area contributed by atoms with Crippen LogP contribution in [-0.4, -0.2) is 16.1 Å². The van der Waals surface area contributed by atoms with Crippen LogP contribution >= 0.6 is 23.1 Å². The number of amides is 1. The highest BCUT2D eigenvalue weighted by Crippen LogP contribution is 2.29. The van der Waals surface area contributed by atoms with E-state index < -0.39 is 0 Å². The normalized spacial score (nSPS) is 10.6. The first-order chi connectivity index (χ1) is 12.1. The van der Waals surface area contributed by atoms with Crippen molar-refractivity contribution < 1.29 is 9.18 Å². The molecule has 1 amide bonds. The van der Waals surface area contributed by atoms with Gasteiger partial charge in [-0.1, -0.05) is 59.5 Å². The Morgan fingerprint density at radius 1 is 1.16 bits per heavy atom. The number of anilines is 1. The zero-order chi connectivity index (χ0) is 17.6. The first kappa shape index (κ1) is 17.6. The van der Waals surface area contributed by atoms with E-state index in [-0.39, 0.29) is 18.1 Å². The molecule has 0 aliphatic heterocycles. The molecule has 1 N–H and O–H groups in total. The van der Waals surface area contributed by atoms with Gasteiger partial charge in [-0.05, 0) is 35.7 Å². The van der Waals surface area contributed by atoms with Gasteiger partial charge in [-0.25, -0.2) is 4.39 Å². The quantitative estimate of drug-likeness (QED) is 0.512. The van der Waals surface area contributed by atoms with E-state index in [0.29, 0.717) is 5.13 Å². The van der Waals surface area contributed by atoms with Crippen molar-refractivity contribution in [2.75, 3.05) is 5.32 Å². The number of rotatable bonds is 6. The molecule has 128 valence electrons. The van der Waals surface area contributed by atoms with Gasteiger partial charge in [0.05, 0.1) is 6.42 Å². The summed E-state index contributed by atoms with van der Waals surface area (Å²) in [5.74, 6) is 0.298. The molecule has 0 atom stereocenters. The minimum atomic E-state index is -0.316. The lowest BCUT2D eigenvalue weighted by molar-refractivity contribution is -0.115. The standard InChI is InChI=1S/C18H16FN3OS2/c1-12-4-2-3-5-14(12)11-24-18-22-21-17(25-18)20-16(23)10-13-6-8-15(19)9-7-13/h2-9H,10-11H2,1H3,(H,20,21,23). The van der Waals surface area contributed by atoms with Gasteiger partial charge in [0, 0.05) is 5.75 Å². The van der Waals surface area contributed by atoms with Gasteiger partial charge in [-0.15, -0.1) is 10.2 Å². The number of nitrogens with zero attached hydrogens (tertiary/aromatic N) is 2. The van der Waals surface area contributed by atoms with Crippen LogP contribution in [0.1, 0.15) is 16.7 Å². The van der Waals surface area contributed by atoms with Crippen LogP contribution in [-0.2, 0) is 17.0 Å². The highest BCUT2D eigenvalue weighted by atomic mass is 32.2. The predicted molar refractivity (Wildman–Crippen MR) is 99.4 cm³/mol. The van der Waals surface area contributed by atoms with Crippen molar-refractivity contribution >= 4 is 34.1 Å². The average molecular weight is 373 g/mol. The molecule has 2 aromatic carbocycles. The van der Waals surface area contributed by atoms with Gasteiger partial charge in [0.25, 0.3) is 0 Å². The minimum absolute atomic E-state index is 0.172. The van der Waals surface area contributed by atoms with Crippen molar-refractivity contribution in [3.8, 4) is 0 Å². The molecule has 7 heteroatoms. The third-order valence-corrected chi connectivity index (χ3v) is 5.56. The van der Waals surface area contributed by atoms with Crippen molar-refractivity contribution in [3.05, 3.63) is 71.0 Å². The maximum absolute atomic E-state index is 12.9. The van der Waals surface area contributed by atoms with E-state index in [4.69, 9.17) is 0 Å². The minimum Gasteiger partial charge on any atom is -0.300 e. The second-order valence-corrected chi connectivity index (χ2v) is 7.64. The topological polar surface area (TPSA) is 54.9 Å². The van der Waals surface area contributed by atoms with E-state index >= 15 is 0 Å². The number of hydrogen-bond donors (Lipinski definition) is 1. The summed E-state index contributed by atoms with van der Waals surface area (Å²) in [6, 6.07) is 14.1. The van der Waals surface area contributed by atoms with Crippen molar-refractivity contribution in [2.45, 2.75) is 23.4 Å². The highest BCUT2D eigenvalue weighted by molar-refractivity contribution is 8.00. The summed E-state index contributed by atoms with van der Waals surface area (Å²) in [7, 11) is 0. The summed E-state index contributed by atoms with van der Waals surface area (Å²) in [5, 5.41) is 11.3. The molecule has 0 saturated heterocycles. The number of hydrogen-bond acceptors (Lipinski definition) is 5. The van der Waals surface area contributed by atoms with Crippen molar-refractivity contribution in [1.29, 1.82) is 0 Å². The summed E-state index contributed by atoms with van der Waals surface area (Å²) in [4.78, 5) is 12.0. The number of carbonyl (C=O) groups excluding carboxylic acids is 1. The molecular formula is C18H16FN3OS2. The molecule has 0 fully saturated rings. The second-order valence-electron chi connectivity index (χ2n) is 5.44. The average Bonchev–Trinajstić information content (AvgIpc) is 3.03. The number of halogens is 1. The molecule has 4 nitrogen and oxygen atoms in total. The number of aromatic nitrogens is 2. The van der Waals surface area contributed by atoms with E-state index in [0.717, 1.165) is 15.7 Å². The van der Waals surface area contributed by atoms with Crippen LogP contribution in [0.5, 0.6) is 0 Å². The maximum atomic E-state index is 12.9. The summed E-state index contributed by atoms with van der Waals surface area (Å²) in [5.41, 5.74) is 3.24. The first-order valence-corrected chi connectivity index (χ1v) is 9.45. The van der Waals surface area contributed by atoms with Crippen LogP contribution in [0, 0.1) is 12.7 Å². The molecular weight excluding hydrogens is 357 g/mol. The Labute approximate surface area is 153 Å². The summed E-state index contributed by atoms with van der Waals surface area (Å²) in [6.45, 7) is 2.08. The van der Waals surface area contributed by atoms with Crippen LogP contribution in [0.15, 0.2) is 52.9 Å². The van der Waals surface area contributed by atoms with Crippen molar-refractivity contribution in [1.82, 2.24) is 10.2 Å². The third-order valence-electron chi connectivity index (χ3n) is 3.54. The molecule has 0 radical (unpaired) electrons. The zero-order valence-corrected chi connectivity index (χ0v) is 15.2. The third kappa shape index (κ3) is 5.11.